The molecule has 1 fully saturated rings. The van der Waals surface area contributed by atoms with Gasteiger partial charge in [-0.3, -0.25) is 9.59 Å². The number of likely N-dealkylation sites (tertiary alicyclic amines) is 1. The minimum Gasteiger partial charge on any atom is -0.343 e. The summed E-state index contributed by atoms with van der Waals surface area (Å²) in [4.78, 5) is 39.5. The van der Waals surface area contributed by atoms with Crippen LogP contribution >= 0.6 is 0 Å². The van der Waals surface area contributed by atoms with E-state index in [0.717, 1.165) is 42.0 Å². The largest absolute Gasteiger partial charge is 0.343 e. The lowest BCUT2D eigenvalue weighted by Gasteiger charge is -2.32. The van der Waals surface area contributed by atoms with Crippen LogP contribution in [0.4, 0.5) is 15.9 Å². The lowest BCUT2D eigenvalue weighted by atomic mass is 10.0. The number of likely N-dealkylation sites (N-methyl/N-ethyl adjacent to an activating group) is 1. The Kier molecular flexibility index (Phi) is 7.35. The second-order valence-electron chi connectivity index (χ2n) is 9.80. The molecular formula is C26H35FN6O2. The first-order chi connectivity index (χ1) is 16.7. The minimum atomic E-state index is -0.610. The zero-order valence-corrected chi connectivity index (χ0v) is 21.1. The third kappa shape index (κ3) is 5.15. The molecule has 0 aliphatic carbocycles. The van der Waals surface area contributed by atoms with Crippen molar-refractivity contribution < 1.29 is 14.0 Å². The van der Waals surface area contributed by atoms with E-state index < -0.39 is 6.04 Å². The molecule has 9 heteroatoms. The minimum absolute atomic E-state index is 0.0547. The molecule has 2 aromatic rings. The number of hydrogen-bond donors (Lipinski definition) is 2. The first-order valence-electron chi connectivity index (χ1n) is 12.4. The Morgan fingerprint density at radius 2 is 1.91 bits per heavy atom. The number of aryl methyl sites for hydroxylation is 1. The van der Waals surface area contributed by atoms with E-state index in [4.69, 9.17) is 4.98 Å². The Labute approximate surface area is 206 Å². The summed E-state index contributed by atoms with van der Waals surface area (Å²) >= 11 is 0. The molecule has 35 heavy (non-hydrogen) atoms. The summed E-state index contributed by atoms with van der Waals surface area (Å²) in [5, 5.41) is 5.86. The molecule has 2 N–H and O–H groups in total. The number of aromatic nitrogens is 2. The van der Waals surface area contributed by atoms with Crippen molar-refractivity contribution in [2.24, 2.45) is 5.92 Å². The number of amides is 2. The van der Waals surface area contributed by atoms with Gasteiger partial charge in [0.05, 0.1) is 17.8 Å². The number of nitrogens with zero attached hydrogens (tertiary/aromatic N) is 4. The molecule has 0 saturated carbocycles. The Morgan fingerprint density at radius 1 is 1.14 bits per heavy atom. The molecule has 8 nitrogen and oxygen atoms in total. The van der Waals surface area contributed by atoms with Gasteiger partial charge in [0.2, 0.25) is 11.8 Å². The molecular weight excluding hydrogens is 447 g/mol. The molecule has 4 rings (SSSR count). The summed E-state index contributed by atoms with van der Waals surface area (Å²) in [7, 11) is 1.72. The van der Waals surface area contributed by atoms with E-state index in [1.165, 1.54) is 6.07 Å². The molecule has 1 saturated heterocycles. The molecule has 1 aromatic heterocycles. The SMILES string of the molecule is CN[C@@H](C)C(=O)N[C@H](C(=O)N1CCC[C@H]1c1cc(N2CCc3cc(F)ccc32)nc(C)n1)C(C)C. The number of halogens is 1. The van der Waals surface area contributed by atoms with Crippen LogP contribution in [0.2, 0.25) is 0 Å². The summed E-state index contributed by atoms with van der Waals surface area (Å²) in [5.41, 5.74) is 2.72. The van der Waals surface area contributed by atoms with Crippen LogP contribution in [0.1, 0.15) is 56.7 Å². The smallest absolute Gasteiger partial charge is 0.245 e. The molecule has 2 amide bonds. The number of rotatable bonds is 7. The van der Waals surface area contributed by atoms with Crippen molar-refractivity contribution in [2.75, 3.05) is 25.0 Å². The number of anilines is 2. The fraction of sp³-hybridized carbons (Fsp3) is 0.538. The van der Waals surface area contributed by atoms with Gasteiger partial charge in [0.25, 0.3) is 0 Å². The van der Waals surface area contributed by atoms with Gasteiger partial charge in [0.1, 0.15) is 23.5 Å². The van der Waals surface area contributed by atoms with E-state index in [1.54, 1.807) is 26.1 Å². The van der Waals surface area contributed by atoms with Gasteiger partial charge in [-0.15, -0.1) is 0 Å². The van der Waals surface area contributed by atoms with E-state index in [-0.39, 0.29) is 35.6 Å². The molecule has 1 aromatic carbocycles. The highest BCUT2D eigenvalue weighted by molar-refractivity contribution is 5.90. The molecule has 3 heterocycles. The van der Waals surface area contributed by atoms with Gasteiger partial charge in [-0.1, -0.05) is 13.8 Å². The van der Waals surface area contributed by atoms with Crippen LogP contribution in [-0.2, 0) is 16.0 Å². The van der Waals surface area contributed by atoms with Gasteiger partial charge in [-0.2, -0.15) is 0 Å². The predicted octanol–water partition coefficient (Wildman–Crippen LogP) is 3.03. The van der Waals surface area contributed by atoms with Gasteiger partial charge in [0.15, 0.2) is 0 Å². The monoisotopic (exact) mass is 482 g/mol. The zero-order chi connectivity index (χ0) is 25.3. The van der Waals surface area contributed by atoms with Crippen molar-refractivity contribution in [1.29, 1.82) is 0 Å². The molecule has 0 bridgehead atoms. The Morgan fingerprint density at radius 3 is 2.63 bits per heavy atom. The fourth-order valence-electron chi connectivity index (χ4n) is 4.93. The van der Waals surface area contributed by atoms with E-state index >= 15 is 0 Å². The van der Waals surface area contributed by atoms with E-state index in [1.807, 2.05) is 31.7 Å². The number of carbonyl (C=O) groups is 2. The van der Waals surface area contributed by atoms with Gasteiger partial charge < -0.3 is 20.4 Å². The second-order valence-corrected chi connectivity index (χ2v) is 9.80. The highest BCUT2D eigenvalue weighted by Crippen LogP contribution is 2.37. The highest BCUT2D eigenvalue weighted by atomic mass is 19.1. The standard InChI is InChI=1S/C26H35FN6O2/c1-15(2)24(31-25(34)16(3)28-5)26(35)33-11-6-7-22(33)20-14-23(30-17(4)29-20)32-12-10-18-13-19(27)8-9-21(18)32/h8-9,13-16,22,24,28H,6-7,10-12H2,1-5H3,(H,31,34)/t16-,22-,24-/m0/s1. The van der Waals surface area contributed by atoms with Crippen molar-refractivity contribution in [3.8, 4) is 0 Å². The van der Waals surface area contributed by atoms with Crippen LogP contribution in [0, 0.1) is 18.7 Å². The van der Waals surface area contributed by atoms with Crippen molar-refractivity contribution in [1.82, 2.24) is 25.5 Å². The number of fused-ring (bicyclic) bond motifs is 1. The molecule has 0 radical (unpaired) electrons. The van der Waals surface area contributed by atoms with E-state index in [9.17, 15) is 14.0 Å². The number of nitrogens with one attached hydrogen (secondary N) is 2. The highest BCUT2D eigenvalue weighted by Gasteiger charge is 2.37. The van der Waals surface area contributed by atoms with E-state index in [0.29, 0.717) is 18.9 Å². The van der Waals surface area contributed by atoms with Crippen molar-refractivity contribution >= 4 is 23.3 Å². The average molecular weight is 483 g/mol. The average Bonchev–Trinajstić information content (AvgIpc) is 3.48. The van der Waals surface area contributed by atoms with Gasteiger partial charge in [-0.25, -0.2) is 14.4 Å². The van der Waals surface area contributed by atoms with Crippen LogP contribution in [0.25, 0.3) is 0 Å². The molecule has 2 aliphatic rings. The van der Waals surface area contributed by atoms with Crippen LogP contribution in [0.5, 0.6) is 0 Å². The summed E-state index contributed by atoms with van der Waals surface area (Å²) in [5.74, 6) is 0.818. The maximum absolute atomic E-state index is 13.7. The molecule has 188 valence electrons. The first-order valence-corrected chi connectivity index (χ1v) is 12.4. The maximum Gasteiger partial charge on any atom is 0.245 e. The van der Waals surface area contributed by atoms with Crippen LogP contribution in [0.3, 0.4) is 0 Å². The zero-order valence-electron chi connectivity index (χ0n) is 21.1. The fourth-order valence-corrected chi connectivity index (χ4v) is 4.93. The number of benzene rings is 1. The normalized spacial score (nSPS) is 19.1. The van der Waals surface area contributed by atoms with Gasteiger partial charge >= 0.3 is 0 Å². The first kappa shape index (κ1) is 25.0. The summed E-state index contributed by atoms with van der Waals surface area (Å²) in [6, 6.07) is 5.62. The van der Waals surface area contributed by atoms with Crippen LogP contribution in [0.15, 0.2) is 24.3 Å². The Bertz CT molecular complexity index is 1110. The number of hydrogen-bond acceptors (Lipinski definition) is 6. The quantitative estimate of drug-likeness (QED) is 0.631. The third-order valence-corrected chi connectivity index (χ3v) is 6.99. The maximum atomic E-state index is 13.7. The van der Waals surface area contributed by atoms with Crippen molar-refractivity contribution in [3.63, 3.8) is 0 Å². The summed E-state index contributed by atoms with van der Waals surface area (Å²) in [6.07, 6.45) is 2.42. The van der Waals surface area contributed by atoms with Gasteiger partial charge in [-0.05, 0) is 69.8 Å². The Balaban J connectivity index is 1.60. The second kappa shape index (κ2) is 10.3. The number of carbonyl (C=O) groups excluding carboxylic acids is 2. The molecule has 3 atom stereocenters. The summed E-state index contributed by atoms with van der Waals surface area (Å²) in [6.45, 7) is 8.84. The van der Waals surface area contributed by atoms with Crippen LogP contribution in [-0.4, -0.2) is 58.9 Å². The van der Waals surface area contributed by atoms with E-state index in [2.05, 4.69) is 20.5 Å². The topological polar surface area (TPSA) is 90.5 Å². The van der Waals surface area contributed by atoms with Crippen LogP contribution < -0.4 is 15.5 Å². The van der Waals surface area contributed by atoms with Crippen molar-refractivity contribution in [3.05, 3.63) is 47.2 Å². The molecule has 0 unspecified atom stereocenters. The lowest BCUT2D eigenvalue weighted by molar-refractivity contribution is -0.139. The third-order valence-electron chi connectivity index (χ3n) is 6.99. The predicted molar refractivity (Wildman–Crippen MR) is 133 cm³/mol. The molecule has 0 spiro atoms. The van der Waals surface area contributed by atoms with Crippen molar-refractivity contribution in [2.45, 2.75) is 65.1 Å². The Hall–Kier alpha value is -3.07. The van der Waals surface area contributed by atoms with Gasteiger partial charge in [0, 0.05) is 24.8 Å². The molecule has 2 aliphatic heterocycles. The lowest BCUT2D eigenvalue weighted by Crippen LogP contribution is -2.54. The summed E-state index contributed by atoms with van der Waals surface area (Å²) < 4.78 is 13.7.